The molecule has 2 heterocycles. The van der Waals surface area contributed by atoms with Crippen molar-refractivity contribution in [3.63, 3.8) is 0 Å². The molecule has 108 valence electrons. The molecular formula is C14H17FN2O3. The van der Waals surface area contributed by atoms with E-state index in [2.05, 4.69) is 4.98 Å². The lowest BCUT2D eigenvalue weighted by Gasteiger charge is -2.32. The fourth-order valence-electron chi connectivity index (χ4n) is 2.52. The van der Waals surface area contributed by atoms with E-state index in [1.54, 1.807) is 4.90 Å². The molecule has 1 aromatic heterocycles. The molecule has 20 heavy (non-hydrogen) atoms. The predicted molar refractivity (Wildman–Crippen MR) is 69.7 cm³/mol. The highest BCUT2D eigenvalue weighted by Gasteiger charge is 2.25. The maximum atomic E-state index is 13.1. The summed E-state index contributed by atoms with van der Waals surface area (Å²) in [5, 5.41) is 8.70. The number of aliphatic carboxylic acids is 1. The first-order valence-corrected chi connectivity index (χ1v) is 6.68. The van der Waals surface area contributed by atoms with Crippen LogP contribution < -0.4 is 0 Å². The molecule has 1 aliphatic heterocycles. The molecule has 1 atom stereocenters. The molecule has 1 amide bonds. The largest absolute Gasteiger partial charge is 0.481 e. The number of hydrogen-bond donors (Lipinski definition) is 1. The third-order valence-corrected chi connectivity index (χ3v) is 3.52. The summed E-state index contributed by atoms with van der Waals surface area (Å²) in [6.07, 6.45) is 4.88. The molecule has 1 unspecified atom stereocenters. The van der Waals surface area contributed by atoms with E-state index < -0.39 is 11.8 Å². The van der Waals surface area contributed by atoms with Crippen LogP contribution in [0.25, 0.3) is 0 Å². The molecule has 1 N–H and O–H groups in total. The molecule has 1 saturated heterocycles. The Kier molecular flexibility index (Phi) is 4.65. The van der Waals surface area contributed by atoms with Crippen molar-refractivity contribution >= 4 is 11.9 Å². The van der Waals surface area contributed by atoms with E-state index in [1.165, 1.54) is 12.3 Å². The van der Waals surface area contributed by atoms with Gasteiger partial charge >= 0.3 is 5.97 Å². The molecule has 0 saturated carbocycles. The van der Waals surface area contributed by atoms with Crippen molar-refractivity contribution in [3.05, 3.63) is 29.8 Å². The Morgan fingerprint density at radius 3 is 2.95 bits per heavy atom. The van der Waals surface area contributed by atoms with Gasteiger partial charge in [0, 0.05) is 25.7 Å². The average Bonchev–Trinajstić information content (AvgIpc) is 2.44. The first-order chi connectivity index (χ1) is 9.56. The molecule has 0 aliphatic carbocycles. The number of carboxylic acid groups (broad SMARTS) is 1. The van der Waals surface area contributed by atoms with Crippen LogP contribution in [0.3, 0.4) is 0 Å². The van der Waals surface area contributed by atoms with Crippen LogP contribution in [0.4, 0.5) is 4.39 Å². The standard InChI is InChI=1S/C14H17FN2O3/c15-12-6-11(7-16-8-12)14(20)17-5-1-2-10(9-17)3-4-13(18)19/h6-8,10H,1-5,9H2,(H,18,19). The molecule has 0 bridgehead atoms. The predicted octanol–water partition coefficient (Wildman–Crippen LogP) is 1.94. The van der Waals surface area contributed by atoms with E-state index in [0.717, 1.165) is 19.0 Å². The zero-order chi connectivity index (χ0) is 14.5. The molecular weight excluding hydrogens is 263 g/mol. The number of rotatable bonds is 4. The van der Waals surface area contributed by atoms with Gasteiger partial charge < -0.3 is 10.0 Å². The number of likely N-dealkylation sites (tertiary alicyclic amines) is 1. The molecule has 1 aromatic rings. The Hall–Kier alpha value is -1.98. The first-order valence-electron chi connectivity index (χ1n) is 6.68. The van der Waals surface area contributed by atoms with Crippen LogP contribution in [0.15, 0.2) is 18.5 Å². The van der Waals surface area contributed by atoms with Crippen molar-refractivity contribution in [2.45, 2.75) is 25.7 Å². The second kappa shape index (κ2) is 6.45. The highest BCUT2D eigenvalue weighted by atomic mass is 19.1. The van der Waals surface area contributed by atoms with Gasteiger partial charge in [0.15, 0.2) is 0 Å². The summed E-state index contributed by atoms with van der Waals surface area (Å²) in [6, 6.07) is 1.18. The lowest BCUT2D eigenvalue weighted by molar-refractivity contribution is -0.137. The van der Waals surface area contributed by atoms with E-state index in [4.69, 9.17) is 5.11 Å². The summed E-state index contributed by atoms with van der Waals surface area (Å²) in [6.45, 7) is 1.15. The summed E-state index contributed by atoms with van der Waals surface area (Å²) in [5.41, 5.74) is 0.240. The number of carboxylic acids is 1. The van der Waals surface area contributed by atoms with Crippen molar-refractivity contribution < 1.29 is 19.1 Å². The van der Waals surface area contributed by atoms with Gasteiger partial charge in [0.05, 0.1) is 11.8 Å². The molecule has 0 spiro atoms. The van der Waals surface area contributed by atoms with Crippen molar-refractivity contribution in [1.82, 2.24) is 9.88 Å². The Morgan fingerprint density at radius 1 is 1.45 bits per heavy atom. The molecule has 2 rings (SSSR count). The summed E-state index contributed by atoms with van der Waals surface area (Å²) in [5.74, 6) is -1.39. The molecule has 1 aliphatic rings. The van der Waals surface area contributed by atoms with Gasteiger partial charge in [-0.2, -0.15) is 0 Å². The van der Waals surface area contributed by atoms with E-state index in [-0.39, 0.29) is 23.8 Å². The monoisotopic (exact) mass is 280 g/mol. The zero-order valence-corrected chi connectivity index (χ0v) is 11.1. The van der Waals surface area contributed by atoms with Crippen LogP contribution in [-0.2, 0) is 4.79 Å². The van der Waals surface area contributed by atoms with E-state index >= 15 is 0 Å². The van der Waals surface area contributed by atoms with E-state index in [1.807, 2.05) is 0 Å². The lowest BCUT2D eigenvalue weighted by atomic mass is 9.93. The van der Waals surface area contributed by atoms with Crippen LogP contribution >= 0.6 is 0 Å². The molecule has 6 heteroatoms. The summed E-state index contributed by atoms with van der Waals surface area (Å²) >= 11 is 0. The Balaban J connectivity index is 1.98. The third-order valence-electron chi connectivity index (χ3n) is 3.52. The van der Waals surface area contributed by atoms with Gasteiger partial charge in [0.1, 0.15) is 5.82 Å². The van der Waals surface area contributed by atoms with Crippen molar-refractivity contribution in [2.75, 3.05) is 13.1 Å². The van der Waals surface area contributed by atoms with Gasteiger partial charge in [-0.1, -0.05) is 0 Å². The Labute approximate surface area is 116 Å². The third kappa shape index (κ3) is 3.76. The van der Waals surface area contributed by atoms with Gasteiger partial charge in [-0.15, -0.1) is 0 Å². The number of piperidine rings is 1. The maximum absolute atomic E-state index is 13.1. The number of carbonyl (C=O) groups is 2. The van der Waals surface area contributed by atoms with Crippen molar-refractivity contribution in [2.24, 2.45) is 5.92 Å². The minimum absolute atomic E-state index is 0.119. The summed E-state index contributed by atoms with van der Waals surface area (Å²) < 4.78 is 13.1. The van der Waals surface area contributed by atoms with Crippen LogP contribution in [-0.4, -0.2) is 40.0 Å². The van der Waals surface area contributed by atoms with Crippen LogP contribution in [0.5, 0.6) is 0 Å². The molecule has 0 radical (unpaired) electrons. The second-order valence-corrected chi connectivity index (χ2v) is 5.08. The minimum Gasteiger partial charge on any atom is -0.481 e. The quantitative estimate of drug-likeness (QED) is 0.915. The summed E-state index contributed by atoms with van der Waals surface area (Å²) in [7, 11) is 0. The smallest absolute Gasteiger partial charge is 0.303 e. The van der Waals surface area contributed by atoms with Crippen LogP contribution in [0, 0.1) is 11.7 Å². The van der Waals surface area contributed by atoms with Gasteiger partial charge in [-0.05, 0) is 31.2 Å². The second-order valence-electron chi connectivity index (χ2n) is 5.08. The van der Waals surface area contributed by atoms with Gasteiger partial charge in [0.2, 0.25) is 0 Å². The van der Waals surface area contributed by atoms with Gasteiger partial charge in [-0.25, -0.2) is 4.39 Å². The van der Waals surface area contributed by atoms with Crippen molar-refractivity contribution in [1.29, 1.82) is 0 Å². The average molecular weight is 280 g/mol. The summed E-state index contributed by atoms with van der Waals surface area (Å²) in [4.78, 5) is 28.2. The fourth-order valence-corrected chi connectivity index (χ4v) is 2.52. The topological polar surface area (TPSA) is 70.5 Å². The number of halogens is 1. The highest BCUT2D eigenvalue weighted by Crippen LogP contribution is 2.22. The fraction of sp³-hybridized carbons (Fsp3) is 0.500. The number of hydrogen-bond acceptors (Lipinski definition) is 3. The van der Waals surface area contributed by atoms with E-state index in [9.17, 15) is 14.0 Å². The van der Waals surface area contributed by atoms with Crippen LogP contribution in [0.1, 0.15) is 36.0 Å². The molecule has 1 fully saturated rings. The highest BCUT2D eigenvalue weighted by molar-refractivity contribution is 5.94. The zero-order valence-electron chi connectivity index (χ0n) is 11.1. The lowest BCUT2D eigenvalue weighted by Crippen LogP contribution is -2.40. The van der Waals surface area contributed by atoms with Gasteiger partial charge in [0.25, 0.3) is 5.91 Å². The van der Waals surface area contributed by atoms with Crippen molar-refractivity contribution in [3.8, 4) is 0 Å². The SMILES string of the molecule is O=C(O)CCC1CCCN(C(=O)c2cncc(F)c2)C1. The molecule has 0 aromatic carbocycles. The first kappa shape index (κ1) is 14.4. The Morgan fingerprint density at radius 2 is 2.25 bits per heavy atom. The number of carbonyl (C=O) groups excluding carboxylic acids is 1. The number of nitrogens with zero attached hydrogens (tertiary/aromatic N) is 2. The Bertz CT molecular complexity index is 507. The minimum atomic E-state index is -0.817. The number of amides is 1. The molecule has 5 nitrogen and oxygen atoms in total. The van der Waals surface area contributed by atoms with Gasteiger partial charge in [-0.3, -0.25) is 14.6 Å². The normalized spacial score (nSPS) is 18.9. The van der Waals surface area contributed by atoms with E-state index in [0.29, 0.717) is 19.5 Å². The maximum Gasteiger partial charge on any atom is 0.303 e. The number of aromatic nitrogens is 1. The van der Waals surface area contributed by atoms with Crippen LogP contribution in [0.2, 0.25) is 0 Å². The number of pyridine rings is 1.